The molecule has 0 radical (unpaired) electrons. The van der Waals surface area contributed by atoms with E-state index in [4.69, 9.17) is 4.74 Å². The molecule has 2 heterocycles. The Morgan fingerprint density at radius 3 is 2.73 bits per heavy atom. The molecule has 124 valence electrons. The third-order valence-electron chi connectivity index (χ3n) is 3.97. The number of aliphatic imine (C=N–C) groups is 1. The zero-order chi connectivity index (χ0) is 15.8. The van der Waals surface area contributed by atoms with Gasteiger partial charge >= 0.3 is 0 Å². The number of nitrogens with one attached hydrogen (secondary N) is 2. The predicted molar refractivity (Wildman–Crippen MR) is 88.1 cm³/mol. The monoisotopic (exact) mass is 308 g/mol. The number of morpholine rings is 1. The van der Waals surface area contributed by atoms with Crippen LogP contribution in [0.15, 0.2) is 23.5 Å². The Labute approximate surface area is 132 Å². The largest absolute Gasteiger partial charge is 0.379 e. The Balaban J connectivity index is 1.72. The van der Waals surface area contributed by atoms with E-state index in [0.717, 1.165) is 51.9 Å². The standard InChI is InChI=1S/C15H28N6O/c1-15(2,20-9-11-22-12-10-20)13-18-14(16-3)17-6-8-21-7-4-5-19-21/h4-5,7H,6,8-13H2,1-3H3,(H2,16,17,18). The van der Waals surface area contributed by atoms with Crippen LogP contribution in [0.3, 0.4) is 0 Å². The predicted octanol–water partition coefficient (Wildman–Crippen LogP) is 0.159. The Morgan fingerprint density at radius 1 is 1.32 bits per heavy atom. The van der Waals surface area contributed by atoms with Crippen LogP contribution in [0, 0.1) is 0 Å². The molecule has 0 spiro atoms. The van der Waals surface area contributed by atoms with Crippen LogP contribution in [0.1, 0.15) is 13.8 Å². The maximum atomic E-state index is 5.42. The average molecular weight is 308 g/mol. The van der Waals surface area contributed by atoms with Crippen molar-refractivity contribution in [2.45, 2.75) is 25.9 Å². The summed E-state index contributed by atoms with van der Waals surface area (Å²) < 4.78 is 7.32. The molecule has 2 N–H and O–H groups in total. The van der Waals surface area contributed by atoms with Crippen LogP contribution in [-0.2, 0) is 11.3 Å². The van der Waals surface area contributed by atoms with Gasteiger partial charge < -0.3 is 15.4 Å². The van der Waals surface area contributed by atoms with Gasteiger partial charge in [0.2, 0.25) is 0 Å². The molecule has 1 aromatic heterocycles. The summed E-state index contributed by atoms with van der Waals surface area (Å²) in [4.78, 5) is 6.74. The molecule has 7 nitrogen and oxygen atoms in total. The van der Waals surface area contributed by atoms with Gasteiger partial charge in [-0.2, -0.15) is 5.10 Å². The zero-order valence-corrected chi connectivity index (χ0v) is 13.9. The van der Waals surface area contributed by atoms with Gasteiger partial charge in [0.1, 0.15) is 0 Å². The maximum Gasteiger partial charge on any atom is 0.191 e. The molecule has 22 heavy (non-hydrogen) atoms. The highest BCUT2D eigenvalue weighted by molar-refractivity contribution is 5.79. The quantitative estimate of drug-likeness (QED) is 0.579. The lowest BCUT2D eigenvalue weighted by molar-refractivity contribution is -0.00834. The normalized spacial score (nSPS) is 17.5. The fraction of sp³-hybridized carbons (Fsp3) is 0.733. The van der Waals surface area contributed by atoms with Crippen molar-refractivity contribution in [3.05, 3.63) is 18.5 Å². The minimum absolute atomic E-state index is 0.0728. The third kappa shape index (κ3) is 4.99. The number of hydrogen-bond acceptors (Lipinski definition) is 4. The van der Waals surface area contributed by atoms with Gasteiger partial charge in [-0.1, -0.05) is 0 Å². The molecule has 0 unspecified atom stereocenters. The summed E-state index contributed by atoms with van der Waals surface area (Å²) in [6, 6.07) is 1.93. The molecule has 0 aliphatic carbocycles. The summed E-state index contributed by atoms with van der Waals surface area (Å²) in [5.74, 6) is 0.827. The zero-order valence-electron chi connectivity index (χ0n) is 13.9. The van der Waals surface area contributed by atoms with E-state index >= 15 is 0 Å². The molecule has 0 aromatic carbocycles. The molecule has 1 aliphatic heterocycles. The summed E-state index contributed by atoms with van der Waals surface area (Å²) in [7, 11) is 1.80. The summed E-state index contributed by atoms with van der Waals surface area (Å²) in [5.41, 5.74) is 0.0728. The molecular weight excluding hydrogens is 280 g/mol. The van der Waals surface area contributed by atoms with Crippen molar-refractivity contribution in [1.82, 2.24) is 25.3 Å². The van der Waals surface area contributed by atoms with Gasteiger partial charge in [0.15, 0.2) is 5.96 Å². The van der Waals surface area contributed by atoms with Crippen molar-refractivity contribution in [2.24, 2.45) is 4.99 Å². The number of nitrogens with zero attached hydrogens (tertiary/aromatic N) is 4. The van der Waals surface area contributed by atoms with Gasteiger partial charge in [-0.05, 0) is 19.9 Å². The van der Waals surface area contributed by atoms with Crippen LogP contribution in [0.25, 0.3) is 0 Å². The molecule has 0 amide bonds. The molecule has 1 fully saturated rings. The van der Waals surface area contributed by atoms with Crippen LogP contribution >= 0.6 is 0 Å². The number of hydrogen-bond donors (Lipinski definition) is 2. The number of rotatable bonds is 6. The van der Waals surface area contributed by atoms with Crippen molar-refractivity contribution in [3.8, 4) is 0 Å². The molecule has 1 saturated heterocycles. The van der Waals surface area contributed by atoms with E-state index in [0.29, 0.717) is 0 Å². The lowest BCUT2D eigenvalue weighted by Crippen LogP contribution is -2.56. The summed E-state index contributed by atoms with van der Waals surface area (Å²) >= 11 is 0. The molecule has 0 bridgehead atoms. The Bertz CT molecular complexity index is 451. The molecule has 2 rings (SSSR count). The second-order valence-electron chi connectivity index (χ2n) is 6.03. The van der Waals surface area contributed by atoms with Crippen molar-refractivity contribution in [2.75, 3.05) is 46.4 Å². The number of aromatic nitrogens is 2. The molecule has 0 saturated carbocycles. The first-order chi connectivity index (χ1) is 10.6. The Kier molecular flexibility index (Phi) is 6.21. The maximum absolute atomic E-state index is 5.42. The number of ether oxygens (including phenoxy) is 1. The highest BCUT2D eigenvalue weighted by Crippen LogP contribution is 2.14. The fourth-order valence-electron chi connectivity index (χ4n) is 2.52. The van der Waals surface area contributed by atoms with Crippen molar-refractivity contribution < 1.29 is 4.74 Å². The van der Waals surface area contributed by atoms with Crippen LogP contribution in [0.4, 0.5) is 0 Å². The first-order valence-electron chi connectivity index (χ1n) is 7.86. The minimum Gasteiger partial charge on any atom is -0.379 e. The summed E-state index contributed by atoms with van der Waals surface area (Å²) in [5, 5.41) is 10.9. The van der Waals surface area contributed by atoms with E-state index in [1.807, 2.05) is 16.9 Å². The molecule has 0 atom stereocenters. The summed E-state index contributed by atoms with van der Waals surface area (Å²) in [6.07, 6.45) is 3.75. The van der Waals surface area contributed by atoms with E-state index in [1.165, 1.54) is 0 Å². The van der Waals surface area contributed by atoms with E-state index in [1.54, 1.807) is 13.2 Å². The third-order valence-corrected chi connectivity index (χ3v) is 3.97. The highest BCUT2D eigenvalue weighted by atomic mass is 16.5. The Morgan fingerprint density at radius 2 is 2.09 bits per heavy atom. The second kappa shape index (κ2) is 8.14. The van der Waals surface area contributed by atoms with Crippen molar-refractivity contribution >= 4 is 5.96 Å². The van der Waals surface area contributed by atoms with Crippen molar-refractivity contribution in [3.63, 3.8) is 0 Å². The highest BCUT2D eigenvalue weighted by Gasteiger charge is 2.28. The van der Waals surface area contributed by atoms with Gasteiger partial charge in [0.05, 0.1) is 19.8 Å². The minimum atomic E-state index is 0.0728. The molecule has 1 aliphatic rings. The van der Waals surface area contributed by atoms with E-state index in [2.05, 4.69) is 39.5 Å². The van der Waals surface area contributed by atoms with E-state index in [9.17, 15) is 0 Å². The van der Waals surface area contributed by atoms with Crippen LogP contribution in [0.5, 0.6) is 0 Å². The average Bonchev–Trinajstić information content (AvgIpc) is 3.05. The van der Waals surface area contributed by atoms with Gasteiger partial charge in [0.25, 0.3) is 0 Å². The molecule has 1 aromatic rings. The summed E-state index contributed by atoms with van der Waals surface area (Å²) in [6.45, 7) is 10.6. The first-order valence-corrected chi connectivity index (χ1v) is 7.86. The molecule has 7 heteroatoms. The topological polar surface area (TPSA) is 66.7 Å². The lowest BCUT2D eigenvalue weighted by Gasteiger charge is -2.41. The fourth-order valence-corrected chi connectivity index (χ4v) is 2.52. The van der Waals surface area contributed by atoms with E-state index < -0.39 is 0 Å². The lowest BCUT2D eigenvalue weighted by atomic mass is 10.0. The Hall–Kier alpha value is -1.60. The SMILES string of the molecule is CN=C(NCCn1cccn1)NCC(C)(C)N1CCOCC1. The van der Waals surface area contributed by atoms with E-state index in [-0.39, 0.29) is 5.54 Å². The van der Waals surface area contributed by atoms with Gasteiger partial charge in [-0.3, -0.25) is 14.6 Å². The van der Waals surface area contributed by atoms with Gasteiger partial charge in [0, 0.05) is 51.2 Å². The molecular formula is C15H28N6O. The first kappa shape index (κ1) is 16.8. The van der Waals surface area contributed by atoms with Crippen molar-refractivity contribution in [1.29, 1.82) is 0 Å². The van der Waals surface area contributed by atoms with Crippen LogP contribution in [0.2, 0.25) is 0 Å². The van der Waals surface area contributed by atoms with Gasteiger partial charge in [-0.15, -0.1) is 0 Å². The van der Waals surface area contributed by atoms with Crippen LogP contribution in [-0.4, -0.2) is 72.6 Å². The second-order valence-corrected chi connectivity index (χ2v) is 6.03. The number of guanidine groups is 1. The van der Waals surface area contributed by atoms with Gasteiger partial charge in [-0.25, -0.2) is 0 Å². The van der Waals surface area contributed by atoms with Crippen LogP contribution < -0.4 is 10.6 Å². The smallest absolute Gasteiger partial charge is 0.191 e.